The lowest BCUT2D eigenvalue weighted by atomic mass is 10.1. The van der Waals surface area contributed by atoms with Crippen LogP contribution in [-0.4, -0.2) is 58.8 Å². The van der Waals surface area contributed by atoms with Gasteiger partial charge in [0.25, 0.3) is 0 Å². The summed E-state index contributed by atoms with van der Waals surface area (Å²) in [5.74, 6) is 1.17. The highest BCUT2D eigenvalue weighted by Crippen LogP contribution is 2.36. The second-order valence-corrected chi connectivity index (χ2v) is 8.91. The largest absolute Gasteiger partial charge is 0.457 e. The highest BCUT2D eigenvalue weighted by Gasteiger charge is 2.41. The first kappa shape index (κ1) is 22.0. The lowest BCUT2D eigenvalue weighted by Crippen LogP contribution is -2.31. The molecule has 0 spiro atoms. The van der Waals surface area contributed by atoms with Gasteiger partial charge in [-0.2, -0.15) is 5.10 Å². The molecule has 6 rings (SSSR count). The first-order chi connectivity index (χ1) is 17.4. The summed E-state index contributed by atoms with van der Waals surface area (Å²) in [7, 11) is 1.82. The number of halogens is 1. The molecule has 0 amide bonds. The van der Waals surface area contributed by atoms with E-state index in [0.29, 0.717) is 52.1 Å². The normalized spacial score (nSPS) is 14.2. The maximum absolute atomic E-state index is 15.4. The van der Waals surface area contributed by atoms with E-state index in [-0.39, 0.29) is 5.69 Å². The fourth-order valence-corrected chi connectivity index (χ4v) is 3.92. The number of rotatable bonds is 7. The minimum absolute atomic E-state index is 0.216. The van der Waals surface area contributed by atoms with Crippen LogP contribution in [0.1, 0.15) is 18.4 Å². The van der Waals surface area contributed by atoms with Crippen molar-refractivity contribution >= 4 is 34.1 Å². The van der Waals surface area contributed by atoms with Crippen LogP contribution in [-0.2, 0) is 0 Å². The Morgan fingerprint density at radius 2 is 2.03 bits per heavy atom. The Kier molecular flexibility index (Phi) is 5.11. The molecule has 36 heavy (non-hydrogen) atoms. The molecule has 0 radical (unpaired) electrons. The number of ether oxygens (including phenoxy) is 1. The molecule has 0 bridgehead atoms. The molecule has 12 heteroatoms. The lowest BCUT2D eigenvalue weighted by Gasteiger charge is -2.20. The average Bonchev–Trinajstić information content (AvgIpc) is 3.41. The number of hydrogen-bond acceptors (Lipinski definition) is 10. The van der Waals surface area contributed by atoms with Gasteiger partial charge in [0.2, 0.25) is 5.95 Å². The molecule has 1 aromatic carbocycles. The van der Waals surface area contributed by atoms with E-state index in [2.05, 4.69) is 35.3 Å². The lowest BCUT2D eigenvalue weighted by molar-refractivity contribution is 0.157. The van der Waals surface area contributed by atoms with Crippen LogP contribution in [0.5, 0.6) is 11.5 Å². The van der Waals surface area contributed by atoms with Crippen molar-refractivity contribution in [2.45, 2.75) is 25.4 Å². The Labute approximate surface area is 204 Å². The minimum Gasteiger partial charge on any atom is -0.457 e. The van der Waals surface area contributed by atoms with E-state index in [0.717, 1.165) is 12.8 Å². The minimum atomic E-state index is -0.688. The van der Waals surface area contributed by atoms with E-state index < -0.39 is 11.4 Å². The molecule has 0 aliphatic heterocycles. The van der Waals surface area contributed by atoms with Gasteiger partial charge in [0, 0.05) is 31.4 Å². The van der Waals surface area contributed by atoms with Gasteiger partial charge in [0.15, 0.2) is 17.3 Å². The summed E-state index contributed by atoms with van der Waals surface area (Å²) < 4.78 is 22.9. The van der Waals surface area contributed by atoms with Gasteiger partial charge in [-0.05, 0) is 38.0 Å². The fraction of sp³-hybridized carbons (Fsp3) is 0.250. The number of hydrogen-bond donors (Lipinski definition) is 2. The number of fused-ring (bicyclic) bond motifs is 2. The van der Waals surface area contributed by atoms with E-state index in [4.69, 9.17) is 4.74 Å². The van der Waals surface area contributed by atoms with Crippen molar-refractivity contribution in [1.82, 2.24) is 34.5 Å². The van der Waals surface area contributed by atoms with Crippen LogP contribution in [0, 0.1) is 12.7 Å². The van der Waals surface area contributed by atoms with Gasteiger partial charge in [0.1, 0.15) is 35.2 Å². The summed E-state index contributed by atoms with van der Waals surface area (Å²) >= 11 is 0. The molecule has 0 saturated heterocycles. The maximum atomic E-state index is 15.4. The van der Waals surface area contributed by atoms with Crippen molar-refractivity contribution in [3.63, 3.8) is 0 Å². The zero-order valence-electron chi connectivity index (χ0n) is 19.6. The third kappa shape index (κ3) is 4.11. The Hall–Kier alpha value is -4.45. The Balaban J connectivity index is 1.28. The van der Waals surface area contributed by atoms with E-state index in [1.807, 2.05) is 7.05 Å². The molecule has 182 valence electrons. The van der Waals surface area contributed by atoms with Gasteiger partial charge in [-0.25, -0.2) is 33.8 Å². The first-order valence-corrected chi connectivity index (χ1v) is 11.3. The molecule has 1 saturated carbocycles. The van der Waals surface area contributed by atoms with Crippen molar-refractivity contribution in [3.8, 4) is 11.5 Å². The summed E-state index contributed by atoms with van der Waals surface area (Å²) in [4.78, 5) is 23.4. The van der Waals surface area contributed by atoms with E-state index >= 15 is 4.39 Å². The molecule has 4 aromatic heterocycles. The number of aromatic nitrogens is 7. The maximum Gasteiger partial charge on any atom is 0.225 e. The summed E-state index contributed by atoms with van der Waals surface area (Å²) in [5.41, 5.74) is 1.43. The Morgan fingerprint density at radius 1 is 1.17 bits per heavy atom. The van der Waals surface area contributed by atoms with Gasteiger partial charge in [0.05, 0.1) is 17.5 Å². The molecular weight excluding hydrogens is 465 g/mol. The van der Waals surface area contributed by atoms with Crippen LogP contribution in [0.15, 0.2) is 49.3 Å². The molecule has 0 unspecified atom stereocenters. The SMILES string of the molecule is Cc1c(Oc2ccn3ncnc3c2)ccc(Nc2ncnc3cnc(N(C)CC4(O)CC4)nc23)c1F. The molecular formula is C24H22FN9O2. The zero-order valence-corrected chi connectivity index (χ0v) is 19.6. The number of nitrogens with one attached hydrogen (secondary N) is 1. The topological polar surface area (TPSA) is 126 Å². The number of likely N-dealkylation sites (N-methyl/N-ethyl adjacent to an activating group) is 1. The van der Waals surface area contributed by atoms with E-state index in [1.165, 1.54) is 12.7 Å². The molecule has 1 aliphatic rings. The van der Waals surface area contributed by atoms with Crippen LogP contribution in [0.4, 0.5) is 21.8 Å². The highest BCUT2D eigenvalue weighted by atomic mass is 19.1. The molecule has 1 fully saturated rings. The van der Waals surface area contributed by atoms with Crippen LogP contribution < -0.4 is 15.0 Å². The van der Waals surface area contributed by atoms with Gasteiger partial charge < -0.3 is 20.1 Å². The Morgan fingerprint density at radius 3 is 2.86 bits per heavy atom. The number of pyridine rings is 1. The Bertz CT molecular complexity index is 1600. The van der Waals surface area contributed by atoms with Crippen LogP contribution >= 0.6 is 0 Å². The van der Waals surface area contributed by atoms with Crippen molar-refractivity contribution in [2.75, 3.05) is 23.8 Å². The van der Waals surface area contributed by atoms with Crippen LogP contribution in [0.3, 0.4) is 0 Å². The molecule has 0 atom stereocenters. The average molecular weight is 487 g/mol. The number of nitrogens with zero attached hydrogens (tertiary/aromatic N) is 8. The first-order valence-electron chi connectivity index (χ1n) is 11.3. The number of aliphatic hydroxyl groups is 1. The monoisotopic (exact) mass is 487 g/mol. The van der Waals surface area contributed by atoms with Crippen molar-refractivity contribution < 1.29 is 14.2 Å². The quantitative estimate of drug-likeness (QED) is 0.353. The second kappa shape index (κ2) is 8.34. The smallest absolute Gasteiger partial charge is 0.225 e. The third-order valence-corrected chi connectivity index (χ3v) is 6.13. The van der Waals surface area contributed by atoms with Crippen molar-refractivity contribution in [2.24, 2.45) is 0 Å². The number of benzene rings is 1. The zero-order chi connectivity index (χ0) is 24.9. The van der Waals surface area contributed by atoms with E-state index in [1.54, 1.807) is 53.0 Å². The summed E-state index contributed by atoms with van der Waals surface area (Å²) in [5, 5.41) is 17.3. The summed E-state index contributed by atoms with van der Waals surface area (Å²) in [6.07, 6.45) is 7.64. The predicted molar refractivity (Wildman–Crippen MR) is 130 cm³/mol. The molecule has 1 aliphatic carbocycles. The van der Waals surface area contributed by atoms with Gasteiger partial charge in [-0.1, -0.05) is 0 Å². The number of anilines is 3. The van der Waals surface area contributed by atoms with Gasteiger partial charge in [-0.15, -0.1) is 0 Å². The van der Waals surface area contributed by atoms with Gasteiger partial charge in [-0.3, -0.25) is 0 Å². The second-order valence-electron chi connectivity index (χ2n) is 8.91. The fourth-order valence-electron chi connectivity index (χ4n) is 3.92. The highest BCUT2D eigenvalue weighted by molar-refractivity contribution is 5.87. The molecule has 11 nitrogen and oxygen atoms in total. The summed E-state index contributed by atoms with van der Waals surface area (Å²) in [6.45, 7) is 2.07. The molecule has 5 aromatic rings. The molecule has 2 N–H and O–H groups in total. The molecule has 4 heterocycles. The van der Waals surface area contributed by atoms with Crippen LogP contribution in [0.2, 0.25) is 0 Å². The van der Waals surface area contributed by atoms with Crippen molar-refractivity contribution in [1.29, 1.82) is 0 Å². The van der Waals surface area contributed by atoms with Crippen LogP contribution in [0.25, 0.3) is 16.7 Å². The summed E-state index contributed by atoms with van der Waals surface area (Å²) in [6, 6.07) is 6.72. The van der Waals surface area contributed by atoms with E-state index in [9.17, 15) is 5.11 Å². The van der Waals surface area contributed by atoms with Crippen molar-refractivity contribution in [3.05, 3.63) is 60.7 Å². The third-order valence-electron chi connectivity index (χ3n) is 6.13. The van der Waals surface area contributed by atoms with Gasteiger partial charge >= 0.3 is 0 Å². The predicted octanol–water partition coefficient (Wildman–Crippen LogP) is 3.41. The standard InChI is InChI=1S/C24H22FN9O2/c1-14-18(36-15-5-8-34-19(9-15)28-13-30-34)4-3-16(20(14)25)31-22-21-17(27-12-29-22)10-26-23(32-21)33(2)11-24(35)6-7-24/h3-5,8-10,12-13,35H,6-7,11H2,1-2H3,(H,27,29,31).